The van der Waals surface area contributed by atoms with Gasteiger partial charge in [-0.05, 0) is 62.8 Å². The largest absolute Gasteiger partial charge is 0.355 e. The van der Waals surface area contributed by atoms with E-state index in [-0.39, 0.29) is 17.7 Å². The van der Waals surface area contributed by atoms with Crippen molar-refractivity contribution in [1.82, 2.24) is 15.2 Å². The molecule has 2 amide bonds. The molecule has 5 nitrogen and oxygen atoms in total. The van der Waals surface area contributed by atoms with Crippen molar-refractivity contribution in [2.24, 2.45) is 5.92 Å². The minimum absolute atomic E-state index is 0.00605. The molecule has 1 aliphatic heterocycles. The number of likely N-dealkylation sites (tertiary alicyclic amines) is 1. The summed E-state index contributed by atoms with van der Waals surface area (Å²) in [6.45, 7) is 1.90. The highest BCUT2D eigenvalue weighted by atomic mass is 79.9. The van der Waals surface area contributed by atoms with Gasteiger partial charge >= 0.3 is 0 Å². The number of rotatable bonds is 5. The zero-order valence-electron chi connectivity index (χ0n) is 16.5. The Morgan fingerprint density at radius 1 is 1.14 bits per heavy atom. The molecule has 0 radical (unpaired) electrons. The predicted octanol–water partition coefficient (Wildman–Crippen LogP) is 4.00. The number of benzene rings is 1. The number of fused-ring (bicyclic) bond motifs is 1. The fraction of sp³-hybridized carbons (Fsp3) is 0.500. The summed E-state index contributed by atoms with van der Waals surface area (Å²) in [6.07, 6.45) is 7.04. The summed E-state index contributed by atoms with van der Waals surface area (Å²) >= 11 is 5.21. The Balaban J connectivity index is 1.21. The van der Waals surface area contributed by atoms with Crippen LogP contribution in [0.3, 0.4) is 0 Å². The molecule has 154 valence electrons. The third kappa shape index (κ3) is 5.07. The summed E-state index contributed by atoms with van der Waals surface area (Å²) in [5, 5.41) is 4.23. The van der Waals surface area contributed by atoms with Crippen molar-refractivity contribution in [3.05, 3.63) is 49.9 Å². The van der Waals surface area contributed by atoms with Gasteiger partial charge in [-0.2, -0.15) is 0 Å². The number of hydrogen-bond donors (Lipinski definition) is 1. The maximum absolute atomic E-state index is 12.6. The van der Waals surface area contributed by atoms with E-state index in [2.05, 4.69) is 21.2 Å². The van der Waals surface area contributed by atoms with Gasteiger partial charge in [0.15, 0.2) is 0 Å². The molecule has 0 bridgehead atoms. The molecule has 1 N–H and O–H groups in total. The van der Waals surface area contributed by atoms with Gasteiger partial charge in [-0.3, -0.25) is 9.59 Å². The summed E-state index contributed by atoms with van der Waals surface area (Å²) in [6, 6.07) is 7.43. The Morgan fingerprint density at radius 2 is 1.86 bits per heavy atom. The Labute approximate surface area is 184 Å². The van der Waals surface area contributed by atoms with Crippen LogP contribution in [0.4, 0.5) is 0 Å². The van der Waals surface area contributed by atoms with Gasteiger partial charge in [-0.25, -0.2) is 4.98 Å². The van der Waals surface area contributed by atoms with Gasteiger partial charge in [-0.15, -0.1) is 11.3 Å². The Kier molecular flexibility index (Phi) is 6.65. The van der Waals surface area contributed by atoms with Crippen molar-refractivity contribution < 1.29 is 9.59 Å². The fourth-order valence-electron chi connectivity index (χ4n) is 4.07. The predicted molar refractivity (Wildman–Crippen MR) is 118 cm³/mol. The first-order valence-corrected chi connectivity index (χ1v) is 12.0. The highest BCUT2D eigenvalue weighted by molar-refractivity contribution is 9.10. The third-order valence-corrected chi connectivity index (χ3v) is 7.52. The van der Waals surface area contributed by atoms with Crippen molar-refractivity contribution >= 4 is 39.1 Å². The summed E-state index contributed by atoms with van der Waals surface area (Å²) < 4.78 is 0.961. The van der Waals surface area contributed by atoms with E-state index in [0.717, 1.165) is 41.6 Å². The maximum Gasteiger partial charge on any atom is 0.253 e. The minimum atomic E-state index is -0.00605. The first-order valence-electron chi connectivity index (χ1n) is 10.4. The Hall–Kier alpha value is -1.73. The van der Waals surface area contributed by atoms with E-state index in [1.807, 2.05) is 40.5 Å². The van der Waals surface area contributed by atoms with Crippen molar-refractivity contribution in [3.8, 4) is 0 Å². The van der Waals surface area contributed by atoms with Crippen LogP contribution < -0.4 is 5.32 Å². The standard InChI is InChI=1S/C22H26BrN3O2S/c23-17-7-5-16(6-8-17)22(28)26-13-10-15(11-14-26)21(27)24-12-9-20-25-18-3-1-2-4-19(18)29-20/h5-8,15H,1-4,9-14H2,(H,24,27). The highest BCUT2D eigenvalue weighted by Gasteiger charge is 2.27. The molecule has 4 rings (SSSR count). The van der Waals surface area contributed by atoms with Crippen LogP contribution in [0, 0.1) is 5.92 Å². The summed E-state index contributed by atoms with van der Waals surface area (Å²) in [7, 11) is 0. The van der Waals surface area contributed by atoms with Crippen LogP contribution in [0.1, 0.15) is 51.6 Å². The van der Waals surface area contributed by atoms with Gasteiger partial charge in [0.2, 0.25) is 5.91 Å². The second-order valence-electron chi connectivity index (χ2n) is 7.80. The van der Waals surface area contributed by atoms with Crippen LogP contribution in [0.15, 0.2) is 28.7 Å². The van der Waals surface area contributed by atoms with Gasteiger partial charge in [0.25, 0.3) is 5.91 Å². The quantitative estimate of drug-likeness (QED) is 0.710. The highest BCUT2D eigenvalue weighted by Crippen LogP contribution is 2.27. The number of amides is 2. The van der Waals surface area contributed by atoms with Crippen molar-refractivity contribution in [2.45, 2.75) is 44.9 Å². The lowest BCUT2D eigenvalue weighted by Crippen LogP contribution is -2.43. The topological polar surface area (TPSA) is 62.3 Å². The number of hydrogen-bond acceptors (Lipinski definition) is 4. The molecule has 0 atom stereocenters. The SMILES string of the molecule is O=C(NCCc1nc2c(s1)CCCC2)C1CCN(C(=O)c2ccc(Br)cc2)CC1. The molecule has 1 aromatic carbocycles. The van der Waals surface area contributed by atoms with Crippen LogP contribution in [0.2, 0.25) is 0 Å². The van der Waals surface area contributed by atoms with E-state index in [4.69, 9.17) is 4.98 Å². The summed E-state index contributed by atoms with van der Waals surface area (Å²) in [4.78, 5) is 33.2. The molecule has 1 saturated heterocycles. The Bertz CT molecular complexity index is 849. The van der Waals surface area contributed by atoms with E-state index in [0.29, 0.717) is 25.2 Å². The zero-order chi connectivity index (χ0) is 20.2. The second kappa shape index (κ2) is 9.39. The van der Waals surface area contributed by atoms with E-state index >= 15 is 0 Å². The lowest BCUT2D eigenvalue weighted by Gasteiger charge is -2.31. The molecule has 1 aromatic heterocycles. The van der Waals surface area contributed by atoms with Gasteiger partial charge in [-0.1, -0.05) is 15.9 Å². The number of carbonyl (C=O) groups excluding carboxylic acids is 2. The van der Waals surface area contributed by atoms with Crippen molar-refractivity contribution in [1.29, 1.82) is 0 Å². The van der Waals surface area contributed by atoms with Crippen molar-refractivity contribution in [2.75, 3.05) is 19.6 Å². The number of aryl methyl sites for hydroxylation is 2. The molecule has 1 fully saturated rings. The molecular weight excluding hydrogens is 450 g/mol. The molecule has 2 heterocycles. The number of nitrogens with one attached hydrogen (secondary N) is 1. The van der Waals surface area contributed by atoms with Crippen LogP contribution in [-0.4, -0.2) is 41.3 Å². The first kappa shape index (κ1) is 20.5. The molecule has 2 aliphatic rings. The monoisotopic (exact) mass is 475 g/mol. The lowest BCUT2D eigenvalue weighted by molar-refractivity contribution is -0.126. The smallest absolute Gasteiger partial charge is 0.253 e. The maximum atomic E-state index is 12.6. The average Bonchev–Trinajstić information content (AvgIpc) is 3.16. The second-order valence-corrected chi connectivity index (χ2v) is 9.88. The average molecular weight is 476 g/mol. The number of nitrogens with zero attached hydrogens (tertiary/aromatic N) is 2. The van der Waals surface area contributed by atoms with E-state index in [9.17, 15) is 9.59 Å². The van der Waals surface area contributed by atoms with Gasteiger partial charge in [0.05, 0.1) is 10.7 Å². The number of aromatic nitrogens is 1. The zero-order valence-corrected chi connectivity index (χ0v) is 18.9. The number of carbonyl (C=O) groups is 2. The lowest BCUT2D eigenvalue weighted by atomic mass is 9.95. The van der Waals surface area contributed by atoms with E-state index in [1.54, 1.807) is 0 Å². The first-order chi connectivity index (χ1) is 14.1. The van der Waals surface area contributed by atoms with Crippen LogP contribution >= 0.6 is 27.3 Å². The normalized spacial score (nSPS) is 17.1. The molecule has 7 heteroatoms. The summed E-state index contributed by atoms with van der Waals surface area (Å²) in [5.74, 6) is 0.152. The Morgan fingerprint density at radius 3 is 2.59 bits per heavy atom. The number of piperidine rings is 1. The summed E-state index contributed by atoms with van der Waals surface area (Å²) in [5.41, 5.74) is 1.98. The number of halogens is 1. The fourth-order valence-corrected chi connectivity index (χ4v) is 5.49. The van der Waals surface area contributed by atoms with Gasteiger partial charge in [0, 0.05) is 46.9 Å². The molecule has 0 unspecified atom stereocenters. The van der Waals surface area contributed by atoms with Crippen LogP contribution in [0.25, 0.3) is 0 Å². The molecular formula is C22H26BrN3O2S. The van der Waals surface area contributed by atoms with E-state index < -0.39 is 0 Å². The molecule has 0 saturated carbocycles. The third-order valence-electron chi connectivity index (χ3n) is 5.77. The molecule has 0 spiro atoms. The molecule has 2 aromatic rings. The van der Waals surface area contributed by atoms with Crippen LogP contribution in [0.5, 0.6) is 0 Å². The minimum Gasteiger partial charge on any atom is -0.355 e. The van der Waals surface area contributed by atoms with Crippen LogP contribution in [-0.2, 0) is 24.1 Å². The van der Waals surface area contributed by atoms with E-state index in [1.165, 1.54) is 23.4 Å². The number of thiazole rings is 1. The molecule has 29 heavy (non-hydrogen) atoms. The van der Waals surface area contributed by atoms with Crippen molar-refractivity contribution in [3.63, 3.8) is 0 Å². The molecule has 1 aliphatic carbocycles. The van der Waals surface area contributed by atoms with Gasteiger partial charge < -0.3 is 10.2 Å². The van der Waals surface area contributed by atoms with Gasteiger partial charge in [0.1, 0.15) is 0 Å².